The van der Waals surface area contributed by atoms with Crippen molar-refractivity contribution in [3.63, 3.8) is 0 Å². The van der Waals surface area contributed by atoms with Gasteiger partial charge in [0.15, 0.2) is 0 Å². The highest BCUT2D eigenvalue weighted by molar-refractivity contribution is 5.75. The van der Waals surface area contributed by atoms with E-state index in [9.17, 15) is 0 Å². The monoisotopic (exact) mass is 297 g/mol. The van der Waals surface area contributed by atoms with E-state index in [0.29, 0.717) is 12.1 Å². The number of para-hydroxylation sites is 2. The molecule has 0 unspecified atom stereocenters. The number of fused-ring (bicyclic) bond motifs is 1. The van der Waals surface area contributed by atoms with Crippen molar-refractivity contribution in [2.45, 2.75) is 45.9 Å². The average molecular weight is 297 g/mol. The van der Waals surface area contributed by atoms with E-state index in [0.717, 1.165) is 24.4 Å². The van der Waals surface area contributed by atoms with Crippen LogP contribution in [0.4, 0.5) is 0 Å². The lowest BCUT2D eigenvalue weighted by atomic mass is 10.2. The Labute approximate surface area is 131 Å². The molecule has 0 saturated heterocycles. The van der Waals surface area contributed by atoms with Gasteiger partial charge in [0.05, 0.1) is 23.6 Å². The molecule has 0 aliphatic heterocycles. The smallest absolute Gasteiger partial charge is 0.123 e. The fraction of sp³-hybridized carbons (Fsp3) is 0.412. The third kappa shape index (κ3) is 2.76. The van der Waals surface area contributed by atoms with Gasteiger partial charge in [-0.1, -0.05) is 12.1 Å². The third-order valence-corrected chi connectivity index (χ3v) is 4.30. The van der Waals surface area contributed by atoms with E-state index in [1.165, 1.54) is 5.52 Å². The van der Waals surface area contributed by atoms with Gasteiger partial charge in [-0.05, 0) is 39.0 Å². The predicted octanol–water partition coefficient (Wildman–Crippen LogP) is 2.99. The Morgan fingerprint density at radius 2 is 2.00 bits per heavy atom. The zero-order chi connectivity index (χ0) is 15.5. The molecule has 3 aromatic rings. The van der Waals surface area contributed by atoms with Crippen LogP contribution in [0.3, 0.4) is 0 Å². The number of rotatable bonds is 6. The topological polar surface area (TPSA) is 47.7 Å². The Bertz CT molecular complexity index is 729. The molecule has 2 atom stereocenters. The summed E-state index contributed by atoms with van der Waals surface area (Å²) in [6.07, 6.45) is 3.82. The summed E-state index contributed by atoms with van der Waals surface area (Å²) in [6.45, 7) is 8.21. The fourth-order valence-corrected chi connectivity index (χ4v) is 2.79. The number of imidazole rings is 1. The number of benzene rings is 1. The summed E-state index contributed by atoms with van der Waals surface area (Å²) in [7, 11) is 0. The summed E-state index contributed by atoms with van der Waals surface area (Å²) in [5.41, 5.74) is 2.27. The Morgan fingerprint density at radius 1 is 1.18 bits per heavy atom. The summed E-state index contributed by atoms with van der Waals surface area (Å²) in [6, 6.07) is 10.9. The molecule has 22 heavy (non-hydrogen) atoms. The molecule has 1 N–H and O–H groups in total. The van der Waals surface area contributed by atoms with Crippen LogP contribution in [0.2, 0.25) is 0 Å². The van der Waals surface area contributed by atoms with Crippen LogP contribution in [0.5, 0.6) is 0 Å². The molecule has 0 bridgehead atoms. The Hall–Kier alpha value is -2.14. The highest BCUT2D eigenvalue weighted by Crippen LogP contribution is 2.16. The normalized spacial score (nSPS) is 14.3. The Morgan fingerprint density at radius 3 is 2.73 bits per heavy atom. The first-order valence-corrected chi connectivity index (χ1v) is 7.87. The van der Waals surface area contributed by atoms with Gasteiger partial charge in [0.25, 0.3) is 0 Å². The fourth-order valence-electron chi connectivity index (χ4n) is 2.79. The number of hydrogen-bond acceptors (Lipinski definition) is 3. The molecule has 0 saturated carbocycles. The predicted molar refractivity (Wildman–Crippen MR) is 88.6 cm³/mol. The van der Waals surface area contributed by atoms with Crippen LogP contribution in [0.25, 0.3) is 11.0 Å². The number of hydrogen-bond donors (Lipinski definition) is 1. The van der Waals surface area contributed by atoms with E-state index in [1.54, 1.807) is 0 Å². The summed E-state index contributed by atoms with van der Waals surface area (Å²) >= 11 is 0. The second-order valence-corrected chi connectivity index (χ2v) is 5.66. The molecule has 0 spiro atoms. The molecule has 1 aromatic carbocycles. The molecule has 5 heteroatoms. The van der Waals surface area contributed by atoms with Crippen molar-refractivity contribution in [3.05, 3.63) is 48.5 Å². The molecular weight excluding hydrogens is 274 g/mol. The summed E-state index contributed by atoms with van der Waals surface area (Å²) in [5, 5.41) is 7.90. The van der Waals surface area contributed by atoms with Crippen molar-refractivity contribution in [2.75, 3.05) is 0 Å². The van der Waals surface area contributed by atoms with Crippen molar-refractivity contribution in [1.82, 2.24) is 24.6 Å². The highest BCUT2D eigenvalue weighted by atomic mass is 15.3. The van der Waals surface area contributed by atoms with Gasteiger partial charge in [-0.25, -0.2) is 4.98 Å². The zero-order valence-corrected chi connectivity index (χ0v) is 13.4. The number of aryl methyl sites for hydroxylation is 1. The van der Waals surface area contributed by atoms with Crippen molar-refractivity contribution < 1.29 is 0 Å². The SMILES string of the molecule is CCn1c(CN[C@H](C)[C@H](C)n2cccn2)nc2ccccc21. The summed E-state index contributed by atoms with van der Waals surface area (Å²) < 4.78 is 4.26. The molecular formula is C17H23N5. The lowest BCUT2D eigenvalue weighted by molar-refractivity contribution is 0.360. The summed E-state index contributed by atoms with van der Waals surface area (Å²) in [4.78, 5) is 4.76. The minimum Gasteiger partial charge on any atom is -0.327 e. The van der Waals surface area contributed by atoms with E-state index in [1.807, 2.05) is 29.2 Å². The van der Waals surface area contributed by atoms with Crippen molar-refractivity contribution in [3.8, 4) is 0 Å². The van der Waals surface area contributed by atoms with Gasteiger partial charge in [-0.15, -0.1) is 0 Å². The van der Waals surface area contributed by atoms with Gasteiger partial charge < -0.3 is 9.88 Å². The Kier molecular flexibility index (Phi) is 4.24. The molecule has 116 valence electrons. The average Bonchev–Trinajstić information content (AvgIpc) is 3.18. The second kappa shape index (κ2) is 6.32. The molecule has 2 aromatic heterocycles. The van der Waals surface area contributed by atoms with E-state index in [-0.39, 0.29) is 0 Å². The van der Waals surface area contributed by atoms with Crippen LogP contribution in [-0.4, -0.2) is 25.4 Å². The molecule has 5 nitrogen and oxygen atoms in total. The molecule has 0 fully saturated rings. The standard InChI is InChI=1S/C17H23N5/c1-4-21-16-9-6-5-8-15(16)20-17(21)12-18-13(2)14(3)22-11-7-10-19-22/h5-11,13-14,18H,4,12H2,1-3H3/t13-,14+/m1/s1. The largest absolute Gasteiger partial charge is 0.327 e. The van der Waals surface area contributed by atoms with Crippen molar-refractivity contribution in [1.29, 1.82) is 0 Å². The van der Waals surface area contributed by atoms with E-state index in [4.69, 9.17) is 4.98 Å². The van der Waals surface area contributed by atoms with Gasteiger partial charge in [0.2, 0.25) is 0 Å². The van der Waals surface area contributed by atoms with Crippen LogP contribution < -0.4 is 5.32 Å². The van der Waals surface area contributed by atoms with E-state index < -0.39 is 0 Å². The van der Waals surface area contributed by atoms with E-state index in [2.05, 4.69) is 54.0 Å². The van der Waals surface area contributed by atoms with Gasteiger partial charge in [0.1, 0.15) is 5.82 Å². The van der Waals surface area contributed by atoms with Gasteiger partial charge >= 0.3 is 0 Å². The zero-order valence-electron chi connectivity index (χ0n) is 13.4. The number of nitrogens with one attached hydrogen (secondary N) is 1. The van der Waals surface area contributed by atoms with Crippen LogP contribution in [0.1, 0.15) is 32.6 Å². The molecule has 0 radical (unpaired) electrons. The van der Waals surface area contributed by atoms with E-state index >= 15 is 0 Å². The number of nitrogens with zero attached hydrogens (tertiary/aromatic N) is 4. The minimum atomic E-state index is 0.300. The first-order valence-electron chi connectivity index (χ1n) is 7.87. The second-order valence-electron chi connectivity index (χ2n) is 5.66. The van der Waals surface area contributed by atoms with Gasteiger partial charge in [-0.2, -0.15) is 5.10 Å². The molecule has 0 amide bonds. The molecule has 3 rings (SSSR count). The molecule has 0 aliphatic carbocycles. The van der Waals surface area contributed by atoms with Crippen molar-refractivity contribution in [2.24, 2.45) is 0 Å². The van der Waals surface area contributed by atoms with Gasteiger partial charge in [0, 0.05) is 25.0 Å². The van der Waals surface area contributed by atoms with Gasteiger partial charge in [-0.3, -0.25) is 4.68 Å². The lowest BCUT2D eigenvalue weighted by Crippen LogP contribution is -2.34. The number of aromatic nitrogens is 4. The quantitative estimate of drug-likeness (QED) is 0.761. The summed E-state index contributed by atoms with van der Waals surface area (Å²) in [5.74, 6) is 1.09. The highest BCUT2D eigenvalue weighted by Gasteiger charge is 2.15. The maximum Gasteiger partial charge on any atom is 0.123 e. The lowest BCUT2D eigenvalue weighted by Gasteiger charge is -2.21. The van der Waals surface area contributed by atoms with Crippen LogP contribution >= 0.6 is 0 Å². The van der Waals surface area contributed by atoms with Crippen LogP contribution in [0, 0.1) is 0 Å². The molecule has 2 heterocycles. The first kappa shape index (κ1) is 14.8. The van der Waals surface area contributed by atoms with Crippen LogP contribution in [-0.2, 0) is 13.1 Å². The molecule has 0 aliphatic rings. The first-order chi connectivity index (χ1) is 10.7. The van der Waals surface area contributed by atoms with Crippen molar-refractivity contribution >= 4 is 11.0 Å². The minimum absolute atomic E-state index is 0.300. The third-order valence-electron chi connectivity index (χ3n) is 4.30. The van der Waals surface area contributed by atoms with Crippen LogP contribution in [0.15, 0.2) is 42.7 Å². The maximum atomic E-state index is 4.76. The maximum absolute atomic E-state index is 4.76. The Balaban J connectivity index is 1.73.